The van der Waals surface area contributed by atoms with Gasteiger partial charge in [-0.3, -0.25) is 4.90 Å². The minimum atomic E-state index is 0.969. The molecule has 1 aliphatic heterocycles. The Morgan fingerprint density at radius 3 is 2.55 bits per heavy atom. The summed E-state index contributed by atoms with van der Waals surface area (Å²) in [6, 6.07) is 0. The van der Waals surface area contributed by atoms with Crippen molar-refractivity contribution in [3.63, 3.8) is 0 Å². The van der Waals surface area contributed by atoms with E-state index in [9.17, 15) is 0 Å². The zero-order chi connectivity index (χ0) is 8.10. The van der Waals surface area contributed by atoms with Crippen LogP contribution < -0.4 is 5.32 Å². The topological polar surface area (TPSA) is 19.9 Å². The van der Waals surface area contributed by atoms with E-state index in [0.29, 0.717) is 0 Å². The molecule has 1 aliphatic rings. The van der Waals surface area contributed by atoms with Gasteiger partial charge in [0.15, 0.2) is 0 Å². The third-order valence-electron chi connectivity index (χ3n) is 2.61. The Morgan fingerprint density at radius 2 is 2.00 bits per heavy atom. The fourth-order valence-corrected chi connectivity index (χ4v) is 1.60. The lowest BCUT2D eigenvalue weighted by Gasteiger charge is -2.29. The fraction of sp³-hybridized carbons (Fsp3) is 1.00. The molecule has 2 heteroatoms. The summed E-state index contributed by atoms with van der Waals surface area (Å²) in [6.45, 7) is 7.56. The van der Waals surface area contributed by atoms with E-state index in [4.69, 9.17) is 0 Å². The predicted molar refractivity (Wildman–Crippen MR) is 47.6 cm³/mol. The van der Waals surface area contributed by atoms with Crippen LogP contribution in [0.15, 0.2) is 0 Å². The first-order valence-corrected chi connectivity index (χ1v) is 4.83. The average Bonchev–Trinajstić information content (AvgIpc) is 2.04. The molecule has 0 spiro atoms. The summed E-state index contributed by atoms with van der Waals surface area (Å²) < 4.78 is 0. The van der Waals surface area contributed by atoms with Gasteiger partial charge in [0, 0.05) is 6.54 Å². The third-order valence-corrected chi connectivity index (χ3v) is 2.61. The van der Waals surface area contributed by atoms with Crippen LogP contribution in [-0.4, -0.2) is 38.1 Å². The Kier molecular flexibility index (Phi) is 3.87. The second-order valence-corrected chi connectivity index (χ2v) is 3.72. The first kappa shape index (κ1) is 9.01. The van der Waals surface area contributed by atoms with Crippen molar-refractivity contribution >= 4 is 0 Å². The maximum absolute atomic E-state index is 2.58. The van der Waals surface area contributed by atoms with Crippen molar-refractivity contribution in [1.82, 2.24) is 4.90 Å². The highest BCUT2D eigenvalue weighted by molar-refractivity contribution is 4.68. The van der Waals surface area contributed by atoms with Gasteiger partial charge in [-0.15, -0.1) is 0 Å². The quantitative estimate of drug-likeness (QED) is 0.607. The third kappa shape index (κ3) is 3.21. The van der Waals surface area contributed by atoms with E-state index in [1.54, 1.807) is 0 Å². The highest BCUT2D eigenvalue weighted by Gasteiger charge is 2.14. The molecule has 1 heterocycles. The molecule has 11 heavy (non-hydrogen) atoms. The van der Waals surface area contributed by atoms with Crippen LogP contribution >= 0.6 is 0 Å². The zero-order valence-electron chi connectivity index (χ0n) is 7.84. The van der Waals surface area contributed by atoms with Crippen LogP contribution in [-0.2, 0) is 0 Å². The van der Waals surface area contributed by atoms with Crippen molar-refractivity contribution in [2.75, 3.05) is 33.2 Å². The lowest BCUT2D eigenvalue weighted by atomic mass is 9.99. The summed E-state index contributed by atoms with van der Waals surface area (Å²) in [5, 5.41) is 2.26. The summed E-state index contributed by atoms with van der Waals surface area (Å²) in [7, 11) is 2.15. The maximum Gasteiger partial charge on any atom is 0.0882 e. The van der Waals surface area contributed by atoms with Gasteiger partial charge < -0.3 is 5.32 Å². The molecular formula is C9H21N2+. The summed E-state index contributed by atoms with van der Waals surface area (Å²) in [4.78, 5) is 2.58. The smallest absolute Gasteiger partial charge is 0.0882 e. The van der Waals surface area contributed by atoms with E-state index in [2.05, 4.69) is 24.2 Å². The number of hydrogen-bond donors (Lipinski definition) is 1. The SMILES string of the molecule is C[NH2+]CCN1CCC(C)CC1. The van der Waals surface area contributed by atoms with Crippen molar-refractivity contribution in [2.24, 2.45) is 5.92 Å². The van der Waals surface area contributed by atoms with E-state index >= 15 is 0 Å². The van der Waals surface area contributed by atoms with Crippen LogP contribution in [0.4, 0.5) is 0 Å². The second kappa shape index (κ2) is 4.73. The molecule has 1 fully saturated rings. The number of likely N-dealkylation sites (N-methyl/N-ethyl adjacent to an activating group) is 1. The Hall–Kier alpha value is -0.0800. The largest absolute Gasteiger partial charge is 0.348 e. The van der Waals surface area contributed by atoms with Crippen molar-refractivity contribution in [1.29, 1.82) is 0 Å². The molecule has 0 aromatic rings. The molecule has 0 bridgehead atoms. The number of nitrogens with zero attached hydrogens (tertiary/aromatic N) is 1. The lowest BCUT2D eigenvalue weighted by Crippen LogP contribution is -2.81. The molecule has 2 nitrogen and oxygen atoms in total. The minimum absolute atomic E-state index is 0.969. The maximum atomic E-state index is 2.58. The van der Waals surface area contributed by atoms with Crippen LogP contribution in [0.1, 0.15) is 19.8 Å². The molecule has 0 aromatic heterocycles. The number of quaternary nitrogens is 1. The van der Waals surface area contributed by atoms with Crippen molar-refractivity contribution in [3.8, 4) is 0 Å². The molecule has 0 atom stereocenters. The van der Waals surface area contributed by atoms with Gasteiger partial charge in [-0.05, 0) is 31.8 Å². The first-order chi connectivity index (χ1) is 5.33. The molecule has 1 saturated heterocycles. The van der Waals surface area contributed by atoms with Gasteiger partial charge >= 0.3 is 0 Å². The van der Waals surface area contributed by atoms with Crippen LogP contribution in [0.25, 0.3) is 0 Å². The van der Waals surface area contributed by atoms with Gasteiger partial charge in [0.05, 0.1) is 13.6 Å². The van der Waals surface area contributed by atoms with Crippen molar-refractivity contribution in [3.05, 3.63) is 0 Å². The summed E-state index contributed by atoms with van der Waals surface area (Å²) in [5.74, 6) is 0.969. The van der Waals surface area contributed by atoms with Crippen molar-refractivity contribution < 1.29 is 5.32 Å². The highest BCUT2D eigenvalue weighted by atomic mass is 15.1. The van der Waals surface area contributed by atoms with Crippen LogP contribution in [0.3, 0.4) is 0 Å². The molecule has 0 amide bonds. The molecule has 0 radical (unpaired) electrons. The van der Waals surface area contributed by atoms with Crippen molar-refractivity contribution in [2.45, 2.75) is 19.8 Å². The summed E-state index contributed by atoms with van der Waals surface area (Å²) in [6.07, 6.45) is 2.81. The Morgan fingerprint density at radius 1 is 1.36 bits per heavy atom. The summed E-state index contributed by atoms with van der Waals surface area (Å²) in [5.41, 5.74) is 0. The van der Waals surface area contributed by atoms with Crippen LogP contribution in [0.5, 0.6) is 0 Å². The Balaban J connectivity index is 2.07. The standard InChI is InChI=1S/C9H20N2/c1-9-3-6-11(7-4-9)8-5-10-2/h9-10H,3-8H2,1-2H3/p+1. The number of likely N-dealkylation sites (tertiary alicyclic amines) is 1. The molecule has 66 valence electrons. The monoisotopic (exact) mass is 157 g/mol. The fourth-order valence-electron chi connectivity index (χ4n) is 1.60. The van der Waals surface area contributed by atoms with E-state index < -0.39 is 0 Å². The molecule has 0 aliphatic carbocycles. The normalized spacial score (nSPS) is 22.4. The van der Waals surface area contributed by atoms with E-state index in [0.717, 1.165) is 5.92 Å². The van der Waals surface area contributed by atoms with Gasteiger partial charge in [0.2, 0.25) is 0 Å². The number of nitrogens with two attached hydrogens (primary N) is 1. The predicted octanol–water partition coefficient (Wildman–Crippen LogP) is -0.0885. The summed E-state index contributed by atoms with van der Waals surface area (Å²) >= 11 is 0. The van der Waals surface area contributed by atoms with Crippen LogP contribution in [0.2, 0.25) is 0 Å². The number of rotatable bonds is 3. The van der Waals surface area contributed by atoms with Crippen LogP contribution in [0, 0.1) is 5.92 Å². The molecule has 2 N–H and O–H groups in total. The second-order valence-electron chi connectivity index (χ2n) is 3.72. The first-order valence-electron chi connectivity index (χ1n) is 4.83. The van der Waals surface area contributed by atoms with Gasteiger partial charge in [-0.2, -0.15) is 0 Å². The Bertz CT molecular complexity index is 93.0. The molecule has 0 saturated carbocycles. The average molecular weight is 157 g/mol. The molecule has 1 rings (SSSR count). The van der Waals surface area contributed by atoms with Gasteiger partial charge in [-0.25, -0.2) is 0 Å². The van der Waals surface area contributed by atoms with Gasteiger partial charge in [-0.1, -0.05) is 6.92 Å². The molecule has 0 aromatic carbocycles. The molecular weight excluding hydrogens is 136 g/mol. The van der Waals surface area contributed by atoms with Gasteiger partial charge in [0.1, 0.15) is 0 Å². The highest BCUT2D eigenvalue weighted by Crippen LogP contribution is 2.14. The Labute approximate surface area is 70.0 Å². The number of hydrogen-bond acceptors (Lipinski definition) is 1. The van der Waals surface area contributed by atoms with E-state index in [-0.39, 0.29) is 0 Å². The number of piperidine rings is 1. The van der Waals surface area contributed by atoms with Gasteiger partial charge in [0.25, 0.3) is 0 Å². The van der Waals surface area contributed by atoms with E-state index in [1.807, 2.05) is 0 Å². The zero-order valence-corrected chi connectivity index (χ0v) is 7.84. The lowest BCUT2D eigenvalue weighted by molar-refractivity contribution is -0.626. The van der Waals surface area contributed by atoms with E-state index in [1.165, 1.54) is 39.0 Å². The molecule has 0 unspecified atom stereocenters. The minimum Gasteiger partial charge on any atom is -0.348 e.